The molecule has 0 amide bonds. The lowest BCUT2D eigenvalue weighted by Gasteiger charge is -2.25. The van der Waals surface area contributed by atoms with Gasteiger partial charge in [0.05, 0.1) is 37.7 Å². The molecular weight excluding hydrogens is 993 g/mol. The molecule has 20 nitrogen and oxygen atoms in total. The Balaban J connectivity index is 0.000000294. The molecule has 1 aromatic carbocycles. The van der Waals surface area contributed by atoms with E-state index in [-0.39, 0.29) is 65.1 Å². The van der Waals surface area contributed by atoms with Gasteiger partial charge in [0.25, 0.3) is 0 Å². The van der Waals surface area contributed by atoms with E-state index in [1.54, 1.807) is 26.0 Å². The summed E-state index contributed by atoms with van der Waals surface area (Å²) in [5.74, 6) is 0.332. The lowest BCUT2D eigenvalue weighted by atomic mass is 9.84. The van der Waals surface area contributed by atoms with Crippen molar-refractivity contribution in [1.82, 2.24) is 0 Å². The smallest absolute Gasteiger partial charge is 0.344 e. The van der Waals surface area contributed by atoms with E-state index in [4.69, 9.17) is 4.74 Å². The summed E-state index contributed by atoms with van der Waals surface area (Å²) in [7, 11) is 0. The van der Waals surface area contributed by atoms with Gasteiger partial charge in [-0.2, -0.15) is 0 Å². The van der Waals surface area contributed by atoms with Crippen LogP contribution in [0.1, 0.15) is 115 Å². The summed E-state index contributed by atoms with van der Waals surface area (Å²) in [6.45, 7) is 39.0. The average Bonchev–Trinajstić information content (AvgIpc) is 4.18. The zero-order valence-electron chi connectivity index (χ0n) is 43.3. The number of carbonyl (C=O) groups is 11. The fourth-order valence-electron chi connectivity index (χ4n) is 5.92. The predicted octanol–water partition coefficient (Wildman–Crippen LogP) is 8.88. The van der Waals surface area contributed by atoms with Crippen molar-refractivity contribution in [3.05, 3.63) is 163 Å². The van der Waals surface area contributed by atoms with Gasteiger partial charge in [0.2, 0.25) is 0 Å². The molecule has 0 aromatic heterocycles. The minimum absolute atomic E-state index is 0.148. The number of fused-ring (bicyclic) bond motifs is 1. The number of hydrogen-bond donors (Lipinski definition) is 0. The molecular formula is C56H60O20. The number of ether oxygens (including phenoxy) is 9. The summed E-state index contributed by atoms with van der Waals surface area (Å²) in [5.41, 5.74) is 4.24. The van der Waals surface area contributed by atoms with E-state index in [1.807, 2.05) is 39.8 Å². The van der Waals surface area contributed by atoms with Gasteiger partial charge in [0.1, 0.15) is 40.3 Å². The number of hydrogen-bond acceptors (Lipinski definition) is 20. The molecule has 0 radical (unpaired) electrons. The van der Waals surface area contributed by atoms with Crippen LogP contribution in [-0.4, -0.2) is 65.7 Å². The normalized spacial score (nSPS) is 20.1. The fourth-order valence-corrected chi connectivity index (χ4v) is 5.92. The first-order valence-corrected chi connectivity index (χ1v) is 23.0. The second kappa shape index (κ2) is 29.6. The van der Waals surface area contributed by atoms with Crippen LogP contribution in [0.4, 0.5) is 0 Å². The number of allylic oxidation sites excluding steroid dienone is 6. The minimum atomic E-state index is -0.402. The third-order valence-corrected chi connectivity index (χ3v) is 10.4. The van der Waals surface area contributed by atoms with Gasteiger partial charge < -0.3 is 42.6 Å². The van der Waals surface area contributed by atoms with E-state index < -0.39 is 11.9 Å². The first kappa shape index (κ1) is 63.0. The van der Waals surface area contributed by atoms with Crippen molar-refractivity contribution in [1.29, 1.82) is 0 Å². The summed E-state index contributed by atoms with van der Waals surface area (Å²) < 4.78 is 40.7. The SMILES string of the molecule is C=C1C=CC(=O)O1.C=C1CC(=O)OC1=C.C=C1CCC(=O)O1.C=C1OC(=O)C(C)=C1C.C=C1OC(=O)C=C1C.C=C1OC(=O)CC1C.C=C1OC(=O)c2ccccc21.CC1(C)CC(=O)OC(=O)C1.O=C1CCCC(=O)O1. The molecule has 9 aliphatic heterocycles. The van der Waals surface area contributed by atoms with Crippen molar-refractivity contribution in [2.45, 2.75) is 99.3 Å². The lowest BCUT2D eigenvalue weighted by Crippen LogP contribution is -2.30. The largest absolute Gasteiger partial charge is 0.432 e. The Morgan fingerprint density at radius 1 is 0.487 bits per heavy atom. The molecule has 1 unspecified atom stereocenters. The van der Waals surface area contributed by atoms with Gasteiger partial charge in [0.15, 0.2) is 0 Å². The third kappa shape index (κ3) is 22.8. The molecule has 9 heterocycles. The molecule has 1 atom stereocenters. The number of benzene rings is 1. The van der Waals surface area contributed by atoms with Crippen molar-refractivity contribution in [2.75, 3.05) is 0 Å². The van der Waals surface area contributed by atoms with Crippen molar-refractivity contribution < 1.29 is 95.4 Å². The van der Waals surface area contributed by atoms with E-state index in [2.05, 4.69) is 90.5 Å². The van der Waals surface area contributed by atoms with Crippen LogP contribution in [0.15, 0.2) is 152 Å². The molecule has 0 aliphatic carbocycles. The van der Waals surface area contributed by atoms with Gasteiger partial charge in [-0.15, -0.1) is 0 Å². The number of esters is 11. The second-order valence-corrected chi connectivity index (χ2v) is 17.6. The molecule has 5 saturated heterocycles. The molecule has 5 fully saturated rings. The summed E-state index contributed by atoms with van der Waals surface area (Å²) in [6, 6.07) is 7.21. The van der Waals surface area contributed by atoms with Crippen molar-refractivity contribution in [2.24, 2.45) is 11.3 Å². The Labute approximate surface area is 439 Å². The van der Waals surface area contributed by atoms with Gasteiger partial charge in [-0.25, -0.2) is 19.2 Å². The third-order valence-electron chi connectivity index (χ3n) is 10.4. The molecule has 0 spiro atoms. The maximum Gasteiger partial charge on any atom is 0.344 e. The average molecular weight is 1050 g/mol. The number of cyclic esters (lactones) is 11. The highest BCUT2D eigenvalue weighted by Gasteiger charge is 2.33. The highest BCUT2D eigenvalue weighted by molar-refractivity contribution is 6.02. The molecule has 0 N–H and O–H groups in total. The zero-order valence-corrected chi connectivity index (χ0v) is 43.3. The van der Waals surface area contributed by atoms with E-state index >= 15 is 0 Å². The highest BCUT2D eigenvalue weighted by atomic mass is 16.6. The quantitative estimate of drug-likeness (QED) is 0.133. The van der Waals surface area contributed by atoms with Crippen LogP contribution in [0.5, 0.6) is 0 Å². The Morgan fingerprint density at radius 2 is 1.04 bits per heavy atom. The van der Waals surface area contributed by atoms with Crippen LogP contribution in [0.25, 0.3) is 5.76 Å². The molecule has 10 rings (SSSR count). The van der Waals surface area contributed by atoms with E-state index in [1.165, 1.54) is 18.2 Å². The van der Waals surface area contributed by atoms with Gasteiger partial charge in [-0.1, -0.05) is 91.6 Å². The van der Waals surface area contributed by atoms with Crippen LogP contribution in [0.2, 0.25) is 0 Å². The van der Waals surface area contributed by atoms with Crippen molar-refractivity contribution in [3.63, 3.8) is 0 Å². The van der Waals surface area contributed by atoms with Gasteiger partial charge in [-0.05, 0) is 55.9 Å². The fraction of sp³-hybridized carbons (Fsp3) is 0.304. The van der Waals surface area contributed by atoms with Crippen LogP contribution in [-0.2, 0) is 90.6 Å². The molecule has 404 valence electrons. The molecule has 9 aliphatic rings. The maximum absolute atomic E-state index is 11.0. The second-order valence-electron chi connectivity index (χ2n) is 17.6. The van der Waals surface area contributed by atoms with Gasteiger partial charge in [-0.3, -0.25) is 33.6 Å². The van der Waals surface area contributed by atoms with E-state index in [9.17, 15) is 52.7 Å². The Bertz CT molecular complexity index is 2620. The van der Waals surface area contributed by atoms with Crippen molar-refractivity contribution >= 4 is 71.4 Å². The molecule has 76 heavy (non-hydrogen) atoms. The van der Waals surface area contributed by atoms with Crippen molar-refractivity contribution in [3.8, 4) is 0 Å². The van der Waals surface area contributed by atoms with Gasteiger partial charge in [0, 0.05) is 54.0 Å². The maximum atomic E-state index is 11.0. The van der Waals surface area contributed by atoms with Gasteiger partial charge >= 0.3 is 65.7 Å². The first-order chi connectivity index (χ1) is 35.4. The van der Waals surface area contributed by atoms with E-state index in [0.29, 0.717) is 115 Å². The standard InChI is InChI=1S/C9H6O2.C7H10O3.C7H8O2.C6H8O2.2C6H6O2.C5H6O3.C5H6O2.C5H4O2/c1-6-7-4-2-3-5-8(7)9(10)11-6;1-7(2)3-5(8)10-6(9)4-7;1-4-5(2)7(8)9-6(4)3;3*1-4-3-6(7)8-5(4)2;6-4-2-1-3-5(7)8-4;2*1-4-2-3-5(6)7-4/h2-5H,1H2;3-4H2,1-2H3;3H2,1-2H3;4H,2-3H2,1H3;3H,2H2,1H3;2*1-3H2;1-3H2;2-3H,1H2. The summed E-state index contributed by atoms with van der Waals surface area (Å²) in [4.78, 5) is 115. The van der Waals surface area contributed by atoms with Crippen LogP contribution in [0.3, 0.4) is 0 Å². The monoisotopic (exact) mass is 1050 g/mol. The molecule has 1 aromatic rings. The van der Waals surface area contributed by atoms with Crippen LogP contribution < -0.4 is 0 Å². The number of rotatable bonds is 0. The highest BCUT2D eigenvalue weighted by Crippen LogP contribution is 2.30. The lowest BCUT2D eigenvalue weighted by molar-refractivity contribution is -0.168. The predicted molar refractivity (Wildman–Crippen MR) is 269 cm³/mol. The van der Waals surface area contributed by atoms with Crippen LogP contribution in [0, 0.1) is 11.3 Å². The first-order valence-electron chi connectivity index (χ1n) is 23.0. The zero-order chi connectivity index (χ0) is 57.6. The molecule has 0 bridgehead atoms. The number of carbonyl (C=O) groups excluding carboxylic acids is 11. The molecule has 0 saturated carbocycles. The molecule has 20 heteroatoms. The van der Waals surface area contributed by atoms with Crippen LogP contribution >= 0.6 is 0 Å². The van der Waals surface area contributed by atoms with E-state index in [0.717, 1.165) is 16.7 Å². The Kier molecular flexibility index (Phi) is 24.5. The Hall–Kier alpha value is -9.07. The Morgan fingerprint density at radius 3 is 1.28 bits per heavy atom. The topological polar surface area (TPSA) is 271 Å². The summed E-state index contributed by atoms with van der Waals surface area (Å²) in [5, 5.41) is 0. The summed E-state index contributed by atoms with van der Waals surface area (Å²) >= 11 is 0. The summed E-state index contributed by atoms with van der Waals surface area (Å²) in [6.07, 6.45) is 8.44. The minimum Gasteiger partial charge on any atom is -0.432 e.